The fourth-order valence-corrected chi connectivity index (χ4v) is 5.81. The third-order valence-corrected chi connectivity index (χ3v) is 8.06. The van der Waals surface area contributed by atoms with Crippen LogP contribution in [0.5, 0.6) is 23.0 Å². The van der Waals surface area contributed by atoms with Crippen molar-refractivity contribution in [2.24, 2.45) is 0 Å². The molecule has 2 aliphatic rings. The Hall–Kier alpha value is -3.23. The average Bonchev–Trinajstić information content (AvgIpc) is 3.26. The number of fused-ring (bicyclic) bond motifs is 1. The van der Waals surface area contributed by atoms with Crippen LogP contribution in [-0.2, 0) is 22.5 Å². The number of carbonyl (C=O) groups is 1. The normalized spacial score (nSPS) is 17.2. The predicted octanol–water partition coefficient (Wildman–Crippen LogP) is 5.65. The molecule has 1 aromatic heterocycles. The average molecular weight is 538 g/mol. The molecule has 202 valence electrons. The van der Waals surface area contributed by atoms with Gasteiger partial charge in [-0.15, -0.1) is 11.3 Å². The molecular weight excluding hydrogens is 502 g/mol. The van der Waals surface area contributed by atoms with Gasteiger partial charge in [0, 0.05) is 34.0 Å². The number of aryl methyl sites for hydroxylation is 1. The zero-order valence-corrected chi connectivity index (χ0v) is 23.1. The van der Waals surface area contributed by atoms with Gasteiger partial charge in [-0.2, -0.15) is 0 Å². The van der Waals surface area contributed by atoms with E-state index in [0.29, 0.717) is 49.3 Å². The van der Waals surface area contributed by atoms with E-state index in [1.807, 2.05) is 23.1 Å². The molecule has 1 atom stereocenters. The van der Waals surface area contributed by atoms with Crippen molar-refractivity contribution in [2.75, 3.05) is 40.6 Å². The molecule has 1 fully saturated rings. The zero-order valence-electron chi connectivity index (χ0n) is 22.3. The summed E-state index contributed by atoms with van der Waals surface area (Å²) in [6, 6.07) is 14.0. The van der Waals surface area contributed by atoms with E-state index in [1.54, 1.807) is 25.6 Å². The van der Waals surface area contributed by atoms with E-state index in [4.69, 9.17) is 23.7 Å². The van der Waals surface area contributed by atoms with E-state index in [1.165, 1.54) is 4.88 Å². The van der Waals surface area contributed by atoms with E-state index in [0.717, 1.165) is 47.4 Å². The smallest absolute Gasteiger partial charge is 0.227 e. The number of thiophene rings is 1. The molecule has 0 aliphatic carbocycles. The summed E-state index contributed by atoms with van der Waals surface area (Å²) in [5.41, 5.74) is 2.80. The highest BCUT2D eigenvalue weighted by Gasteiger charge is 2.26. The molecule has 0 spiro atoms. The van der Waals surface area contributed by atoms with Crippen LogP contribution in [0.15, 0.2) is 42.5 Å². The van der Waals surface area contributed by atoms with Crippen LogP contribution in [0.25, 0.3) is 10.4 Å². The largest absolute Gasteiger partial charge is 0.497 e. The lowest BCUT2D eigenvalue weighted by atomic mass is 10.1. The van der Waals surface area contributed by atoms with Gasteiger partial charge in [0.2, 0.25) is 5.91 Å². The lowest BCUT2D eigenvalue weighted by molar-refractivity contribution is -0.131. The number of nitrogens with zero attached hydrogens (tertiary/aromatic N) is 1. The van der Waals surface area contributed by atoms with Crippen molar-refractivity contribution >= 4 is 17.2 Å². The number of hydrogen-bond donors (Lipinski definition) is 0. The fourth-order valence-electron chi connectivity index (χ4n) is 4.95. The third-order valence-electron chi connectivity index (χ3n) is 7.01. The highest BCUT2D eigenvalue weighted by atomic mass is 32.1. The monoisotopic (exact) mass is 537 g/mol. The molecule has 5 rings (SSSR count). The maximum absolute atomic E-state index is 13.5. The first kappa shape index (κ1) is 26.4. The molecule has 1 amide bonds. The molecule has 8 heteroatoms. The fraction of sp³-hybridized carbons (Fsp3) is 0.433. The van der Waals surface area contributed by atoms with Gasteiger partial charge in [-0.05, 0) is 74.2 Å². The van der Waals surface area contributed by atoms with Crippen LogP contribution in [0.2, 0.25) is 0 Å². The van der Waals surface area contributed by atoms with Crippen molar-refractivity contribution in [2.45, 2.75) is 45.3 Å². The Kier molecular flexibility index (Phi) is 8.39. The maximum Gasteiger partial charge on any atom is 0.227 e. The van der Waals surface area contributed by atoms with Crippen LogP contribution in [0.3, 0.4) is 0 Å². The Balaban J connectivity index is 1.41. The number of rotatable bonds is 8. The van der Waals surface area contributed by atoms with Gasteiger partial charge in [0.25, 0.3) is 0 Å². The minimum absolute atomic E-state index is 0.00319. The van der Waals surface area contributed by atoms with Crippen molar-refractivity contribution in [3.63, 3.8) is 0 Å². The summed E-state index contributed by atoms with van der Waals surface area (Å²) >= 11 is 1.74. The molecule has 0 saturated carbocycles. The Labute approximate surface area is 228 Å². The van der Waals surface area contributed by atoms with Gasteiger partial charge in [0.1, 0.15) is 24.7 Å². The van der Waals surface area contributed by atoms with Crippen molar-refractivity contribution in [3.8, 4) is 33.4 Å². The number of benzene rings is 2. The SMILES string of the molecule is COc1ccc(OC)c(CC(=O)N2CCOc3c(cc(-c4ccc(C)s4)cc3OCC3CCCCO3)C2)c1. The van der Waals surface area contributed by atoms with Crippen LogP contribution in [-0.4, -0.2) is 57.5 Å². The Bertz CT molecular complexity index is 1270. The molecule has 0 N–H and O–H groups in total. The summed E-state index contributed by atoms with van der Waals surface area (Å²) in [4.78, 5) is 17.8. The van der Waals surface area contributed by atoms with Gasteiger partial charge in [0.15, 0.2) is 11.5 Å². The van der Waals surface area contributed by atoms with Crippen LogP contribution < -0.4 is 18.9 Å². The van der Waals surface area contributed by atoms with Gasteiger partial charge in [0.05, 0.1) is 33.3 Å². The zero-order chi connectivity index (χ0) is 26.5. The molecule has 3 aromatic rings. The minimum Gasteiger partial charge on any atom is -0.497 e. The summed E-state index contributed by atoms with van der Waals surface area (Å²) in [6.07, 6.45) is 3.57. The van der Waals surface area contributed by atoms with Gasteiger partial charge in [-0.1, -0.05) is 0 Å². The highest BCUT2D eigenvalue weighted by molar-refractivity contribution is 7.15. The second-order valence-electron chi connectivity index (χ2n) is 9.69. The van der Waals surface area contributed by atoms with Crippen LogP contribution in [0.4, 0.5) is 0 Å². The summed E-state index contributed by atoms with van der Waals surface area (Å²) in [5.74, 6) is 2.79. The van der Waals surface area contributed by atoms with Crippen LogP contribution in [0.1, 0.15) is 35.3 Å². The molecule has 2 aliphatic heterocycles. The summed E-state index contributed by atoms with van der Waals surface area (Å²) in [5, 5.41) is 0. The van der Waals surface area contributed by atoms with Gasteiger partial charge in [-0.3, -0.25) is 4.79 Å². The van der Waals surface area contributed by atoms with Crippen molar-refractivity contribution in [1.29, 1.82) is 0 Å². The predicted molar refractivity (Wildman–Crippen MR) is 148 cm³/mol. The molecule has 1 saturated heterocycles. The number of ether oxygens (including phenoxy) is 5. The summed E-state index contributed by atoms with van der Waals surface area (Å²) in [7, 11) is 3.22. The first-order valence-corrected chi connectivity index (χ1v) is 14.0. The molecule has 3 heterocycles. The highest BCUT2D eigenvalue weighted by Crippen LogP contribution is 2.40. The Morgan fingerprint density at radius 1 is 1.05 bits per heavy atom. The van der Waals surface area contributed by atoms with Gasteiger partial charge in [-0.25, -0.2) is 0 Å². The number of carbonyl (C=O) groups excluding carboxylic acids is 1. The molecule has 38 heavy (non-hydrogen) atoms. The van der Waals surface area contributed by atoms with E-state index in [-0.39, 0.29) is 18.4 Å². The first-order valence-electron chi connectivity index (χ1n) is 13.1. The molecule has 0 bridgehead atoms. The van der Waals surface area contributed by atoms with Crippen molar-refractivity contribution < 1.29 is 28.5 Å². The van der Waals surface area contributed by atoms with E-state index < -0.39 is 0 Å². The number of hydrogen-bond acceptors (Lipinski definition) is 7. The van der Waals surface area contributed by atoms with Crippen LogP contribution in [0, 0.1) is 6.92 Å². The first-order chi connectivity index (χ1) is 18.5. The van der Waals surface area contributed by atoms with Crippen molar-refractivity contribution in [1.82, 2.24) is 4.90 Å². The molecular formula is C30H35NO6S. The summed E-state index contributed by atoms with van der Waals surface area (Å²) in [6.45, 7) is 4.69. The quantitative estimate of drug-likeness (QED) is 0.370. The van der Waals surface area contributed by atoms with Crippen molar-refractivity contribution in [3.05, 3.63) is 58.5 Å². The molecule has 0 radical (unpaired) electrons. The minimum atomic E-state index is 0.00319. The molecule has 2 aromatic carbocycles. The third kappa shape index (κ3) is 6.08. The van der Waals surface area contributed by atoms with Gasteiger partial charge >= 0.3 is 0 Å². The Morgan fingerprint density at radius 2 is 1.95 bits per heavy atom. The number of methoxy groups -OCH3 is 2. The van der Waals surface area contributed by atoms with E-state index in [9.17, 15) is 4.79 Å². The van der Waals surface area contributed by atoms with Crippen LogP contribution >= 0.6 is 11.3 Å². The van der Waals surface area contributed by atoms with Gasteiger partial charge < -0.3 is 28.6 Å². The lowest BCUT2D eigenvalue weighted by Crippen LogP contribution is -2.33. The molecule has 7 nitrogen and oxygen atoms in total. The maximum atomic E-state index is 13.5. The lowest BCUT2D eigenvalue weighted by Gasteiger charge is -2.24. The summed E-state index contributed by atoms with van der Waals surface area (Å²) < 4.78 is 29.3. The number of amides is 1. The second kappa shape index (κ2) is 12.1. The van der Waals surface area contributed by atoms with E-state index in [2.05, 4.69) is 31.2 Å². The standard InChI is InChI=1S/C30H35NO6S/c1-20-7-10-28(38-20)22-14-23-18-31(29(32)17-21-15-24(33-2)8-9-26(21)34-3)11-13-36-30(23)27(16-22)37-19-25-6-4-5-12-35-25/h7-10,14-16,25H,4-6,11-13,17-19H2,1-3H3. The molecule has 1 unspecified atom stereocenters. The Morgan fingerprint density at radius 3 is 2.68 bits per heavy atom. The topological polar surface area (TPSA) is 66.5 Å². The second-order valence-corrected chi connectivity index (χ2v) is 11.0. The van der Waals surface area contributed by atoms with E-state index >= 15 is 0 Å².